The molecule has 1 unspecified atom stereocenters. The van der Waals surface area contributed by atoms with Crippen molar-refractivity contribution in [1.82, 2.24) is 15.3 Å². The third-order valence-electron chi connectivity index (χ3n) is 4.07. The van der Waals surface area contributed by atoms with Gasteiger partial charge >= 0.3 is 0 Å². The standard InChI is InChI=1S/C14H22N4/c1-2-6-13-12(5-1)14(18-10-17-13)16-9-7-11-4-3-8-15-11/h10-11,15H,1-9H2,(H,16,17,18). The molecule has 4 nitrogen and oxygen atoms in total. The van der Waals surface area contributed by atoms with Crippen LogP contribution in [0.25, 0.3) is 0 Å². The minimum Gasteiger partial charge on any atom is -0.370 e. The highest BCUT2D eigenvalue weighted by Crippen LogP contribution is 2.24. The van der Waals surface area contributed by atoms with E-state index in [0.717, 1.165) is 25.2 Å². The summed E-state index contributed by atoms with van der Waals surface area (Å²) in [6.07, 6.45) is 10.4. The fourth-order valence-electron chi connectivity index (χ4n) is 3.04. The van der Waals surface area contributed by atoms with Crippen molar-refractivity contribution >= 4 is 5.82 Å². The smallest absolute Gasteiger partial charge is 0.132 e. The van der Waals surface area contributed by atoms with Crippen molar-refractivity contribution in [3.05, 3.63) is 17.6 Å². The van der Waals surface area contributed by atoms with Gasteiger partial charge in [-0.25, -0.2) is 9.97 Å². The van der Waals surface area contributed by atoms with Gasteiger partial charge in [0, 0.05) is 23.8 Å². The minimum absolute atomic E-state index is 0.704. The van der Waals surface area contributed by atoms with E-state index in [0.29, 0.717) is 6.04 Å². The van der Waals surface area contributed by atoms with E-state index < -0.39 is 0 Å². The fourth-order valence-corrected chi connectivity index (χ4v) is 3.04. The van der Waals surface area contributed by atoms with Crippen LogP contribution in [0.15, 0.2) is 6.33 Å². The number of hydrogen-bond acceptors (Lipinski definition) is 4. The second-order valence-corrected chi connectivity index (χ2v) is 5.36. The first kappa shape index (κ1) is 11.9. The number of rotatable bonds is 4. The molecule has 1 aromatic heterocycles. The molecule has 1 aromatic rings. The molecular formula is C14H22N4. The van der Waals surface area contributed by atoms with Crippen LogP contribution in [0.4, 0.5) is 5.82 Å². The number of aromatic nitrogens is 2. The summed E-state index contributed by atoms with van der Waals surface area (Å²) in [6, 6.07) is 0.704. The van der Waals surface area contributed by atoms with Crippen LogP contribution in [0.2, 0.25) is 0 Å². The van der Waals surface area contributed by atoms with E-state index in [1.54, 1.807) is 6.33 Å². The molecule has 1 aliphatic carbocycles. The summed E-state index contributed by atoms with van der Waals surface area (Å²) in [7, 11) is 0. The Bertz CT molecular complexity index is 399. The van der Waals surface area contributed by atoms with Gasteiger partial charge in [-0.3, -0.25) is 0 Å². The maximum Gasteiger partial charge on any atom is 0.132 e. The molecule has 98 valence electrons. The van der Waals surface area contributed by atoms with Gasteiger partial charge in [0.05, 0.1) is 0 Å². The summed E-state index contributed by atoms with van der Waals surface area (Å²) in [5.74, 6) is 1.08. The van der Waals surface area contributed by atoms with E-state index in [1.165, 1.54) is 49.9 Å². The average molecular weight is 246 g/mol. The highest BCUT2D eigenvalue weighted by molar-refractivity contribution is 5.46. The van der Waals surface area contributed by atoms with Crippen molar-refractivity contribution in [3.8, 4) is 0 Å². The van der Waals surface area contributed by atoms with E-state index in [-0.39, 0.29) is 0 Å². The van der Waals surface area contributed by atoms with Crippen LogP contribution >= 0.6 is 0 Å². The number of anilines is 1. The van der Waals surface area contributed by atoms with Crippen molar-refractivity contribution < 1.29 is 0 Å². The fraction of sp³-hybridized carbons (Fsp3) is 0.714. The van der Waals surface area contributed by atoms with Gasteiger partial charge in [0.1, 0.15) is 12.1 Å². The third-order valence-corrected chi connectivity index (χ3v) is 4.07. The van der Waals surface area contributed by atoms with Crippen molar-refractivity contribution in [3.63, 3.8) is 0 Å². The molecule has 18 heavy (non-hydrogen) atoms. The molecule has 2 heterocycles. The molecule has 3 rings (SSSR count). The van der Waals surface area contributed by atoms with Gasteiger partial charge in [0.15, 0.2) is 0 Å². The lowest BCUT2D eigenvalue weighted by Crippen LogP contribution is -2.24. The molecule has 0 radical (unpaired) electrons. The lowest BCUT2D eigenvalue weighted by molar-refractivity contribution is 0.573. The van der Waals surface area contributed by atoms with E-state index in [9.17, 15) is 0 Å². The Morgan fingerprint density at radius 1 is 1.22 bits per heavy atom. The molecule has 1 aliphatic heterocycles. The summed E-state index contributed by atoms with van der Waals surface area (Å²) in [6.45, 7) is 2.20. The molecular weight excluding hydrogens is 224 g/mol. The molecule has 0 bridgehead atoms. The van der Waals surface area contributed by atoms with Crippen LogP contribution in [0.3, 0.4) is 0 Å². The van der Waals surface area contributed by atoms with Gasteiger partial charge in [0.2, 0.25) is 0 Å². The molecule has 1 atom stereocenters. The number of hydrogen-bond donors (Lipinski definition) is 2. The minimum atomic E-state index is 0.704. The predicted molar refractivity (Wildman–Crippen MR) is 72.8 cm³/mol. The van der Waals surface area contributed by atoms with Crippen LogP contribution in [-0.4, -0.2) is 29.1 Å². The first-order valence-corrected chi connectivity index (χ1v) is 7.23. The van der Waals surface area contributed by atoms with E-state index in [1.807, 2.05) is 0 Å². The summed E-state index contributed by atoms with van der Waals surface area (Å²) >= 11 is 0. The van der Waals surface area contributed by atoms with Crippen LogP contribution in [0, 0.1) is 0 Å². The quantitative estimate of drug-likeness (QED) is 0.852. The Morgan fingerprint density at radius 3 is 3.06 bits per heavy atom. The SMILES string of the molecule is c1nc2c(c(NCCC3CCCN3)n1)CCCC2. The normalized spacial score (nSPS) is 22.8. The van der Waals surface area contributed by atoms with Gasteiger partial charge in [0.25, 0.3) is 0 Å². The van der Waals surface area contributed by atoms with Gasteiger partial charge in [-0.2, -0.15) is 0 Å². The van der Waals surface area contributed by atoms with Gasteiger partial charge in [-0.1, -0.05) is 0 Å². The number of nitrogens with zero attached hydrogens (tertiary/aromatic N) is 2. The van der Waals surface area contributed by atoms with Crippen LogP contribution in [0.5, 0.6) is 0 Å². The molecule has 0 spiro atoms. The summed E-state index contributed by atoms with van der Waals surface area (Å²) in [5, 5.41) is 7.04. The number of nitrogens with one attached hydrogen (secondary N) is 2. The Kier molecular flexibility index (Phi) is 3.74. The monoisotopic (exact) mass is 246 g/mol. The Balaban J connectivity index is 1.58. The van der Waals surface area contributed by atoms with Crippen molar-refractivity contribution in [1.29, 1.82) is 0 Å². The maximum absolute atomic E-state index is 4.41. The van der Waals surface area contributed by atoms with Crippen LogP contribution in [0.1, 0.15) is 43.4 Å². The first-order chi connectivity index (χ1) is 8.93. The third kappa shape index (κ3) is 2.64. The second-order valence-electron chi connectivity index (χ2n) is 5.36. The van der Waals surface area contributed by atoms with Crippen molar-refractivity contribution in [2.24, 2.45) is 0 Å². The zero-order valence-electron chi connectivity index (χ0n) is 10.9. The molecule has 4 heteroatoms. The molecule has 1 fully saturated rings. The van der Waals surface area contributed by atoms with Crippen LogP contribution in [-0.2, 0) is 12.8 Å². The van der Waals surface area contributed by atoms with Crippen molar-refractivity contribution in [2.45, 2.75) is 51.0 Å². The van der Waals surface area contributed by atoms with E-state index in [4.69, 9.17) is 0 Å². The van der Waals surface area contributed by atoms with Gasteiger partial charge in [-0.05, 0) is 51.5 Å². The molecule has 0 aromatic carbocycles. The molecule has 2 aliphatic rings. The Morgan fingerprint density at radius 2 is 2.17 bits per heavy atom. The topological polar surface area (TPSA) is 49.8 Å². The highest BCUT2D eigenvalue weighted by Gasteiger charge is 2.16. The molecule has 2 N–H and O–H groups in total. The Labute approximate surface area is 109 Å². The van der Waals surface area contributed by atoms with Crippen molar-refractivity contribution in [2.75, 3.05) is 18.4 Å². The highest BCUT2D eigenvalue weighted by atomic mass is 15.0. The van der Waals surface area contributed by atoms with Crippen LogP contribution < -0.4 is 10.6 Å². The lowest BCUT2D eigenvalue weighted by atomic mass is 9.96. The molecule has 1 saturated heterocycles. The first-order valence-electron chi connectivity index (χ1n) is 7.23. The maximum atomic E-state index is 4.41. The van der Waals surface area contributed by atoms with E-state index in [2.05, 4.69) is 20.6 Å². The summed E-state index contributed by atoms with van der Waals surface area (Å²) < 4.78 is 0. The van der Waals surface area contributed by atoms with Gasteiger partial charge in [-0.15, -0.1) is 0 Å². The average Bonchev–Trinajstić information content (AvgIpc) is 2.92. The summed E-state index contributed by atoms with van der Waals surface area (Å²) in [5.41, 5.74) is 2.63. The zero-order chi connectivity index (χ0) is 12.2. The lowest BCUT2D eigenvalue weighted by Gasteiger charge is -2.18. The summed E-state index contributed by atoms with van der Waals surface area (Å²) in [4.78, 5) is 8.82. The largest absolute Gasteiger partial charge is 0.370 e. The predicted octanol–water partition coefficient (Wildman–Crippen LogP) is 1.91. The van der Waals surface area contributed by atoms with E-state index >= 15 is 0 Å². The second kappa shape index (κ2) is 5.65. The molecule has 0 amide bonds. The number of aryl methyl sites for hydroxylation is 1. The molecule has 0 saturated carbocycles. The zero-order valence-corrected chi connectivity index (χ0v) is 10.9. The van der Waals surface area contributed by atoms with Gasteiger partial charge < -0.3 is 10.6 Å². The number of fused-ring (bicyclic) bond motifs is 1. The Hall–Kier alpha value is -1.16.